The molecule has 3 fully saturated rings. The molecular formula is C38H48N6O6. The van der Waals surface area contributed by atoms with Crippen molar-refractivity contribution in [2.45, 2.75) is 76.9 Å². The normalized spacial score (nSPS) is 25.9. The number of carbonyl (C=O) groups is 3. The number of hydrogen-bond donors (Lipinski definition) is 1. The van der Waals surface area contributed by atoms with Crippen LogP contribution in [0.5, 0.6) is 5.75 Å². The number of hydrogen-bond acceptors (Lipinski definition) is 8. The lowest BCUT2D eigenvalue weighted by atomic mass is 9.66. The van der Waals surface area contributed by atoms with Gasteiger partial charge in [-0.2, -0.15) is 0 Å². The van der Waals surface area contributed by atoms with E-state index in [2.05, 4.69) is 23.5 Å². The van der Waals surface area contributed by atoms with E-state index < -0.39 is 35.1 Å². The Bertz CT molecular complexity index is 1760. The molecule has 12 heteroatoms. The number of aromatic nitrogens is 3. The van der Waals surface area contributed by atoms with Crippen molar-refractivity contribution in [2.24, 2.45) is 17.8 Å². The zero-order valence-corrected chi connectivity index (χ0v) is 29.4. The topological polar surface area (TPSA) is 130 Å². The Kier molecular flexibility index (Phi) is 9.87. The number of para-hydroxylation sites is 1. The number of fused-ring (bicyclic) bond motifs is 2. The summed E-state index contributed by atoms with van der Waals surface area (Å²) in [7, 11) is 0. The van der Waals surface area contributed by atoms with Crippen LogP contribution in [0.4, 0.5) is 5.69 Å². The van der Waals surface area contributed by atoms with E-state index in [1.54, 1.807) is 31.5 Å². The van der Waals surface area contributed by atoms with E-state index in [4.69, 9.17) is 9.47 Å². The quantitative estimate of drug-likeness (QED) is 0.236. The van der Waals surface area contributed by atoms with Gasteiger partial charge in [0.1, 0.15) is 29.6 Å². The van der Waals surface area contributed by atoms with Crippen molar-refractivity contribution >= 4 is 34.4 Å². The third-order valence-electron chi connectivity index (χ3n) is 10.5. The summed E-state index contributed by atoms with van der Waals surface area (Å²) < 4.78 is 14.2. The highest BCUT2D eigenvalue weighted by Gasteiger charge is 2.79. The summed E-state index contributed by atoms with van der Waals surface area (Å²) in [6.07, 6.45) is 4.65. The van der Waals surface area contributed by atoms with Crippen molar-refractivity contribution in [3.63, 3.8) is 0 Å². The average Bonchev–Trinajstić information content (AvgIpc) is 3.81. The molecule has 50 heavy (non-hydrogen) atoms. The van der Waals surface area contributed by atoms with Gasteiger partial charge >= 0.3 is 0 Å². The van der Waals surface area contributed by atoms with Gasteiger partial charge < -0.3 is 29.3 Å². The fourth-order valence-electron chi connectivity index (χ4n) is 8.47. The van der Waals surface area contributed by atoms with Crippen molar-refractivity contribution in [3.05, 3.63) is 73.8 Å². The summed E-state index contributed by atoms with van der Waals surface area (Å²) >= 11 is 0. The molecule has 1 spiro atoms. The second-order valence-corrected chi connectivity index (χ2v) is 14.2. The van der Waals surface area contributed by atoms with Gasteiger partial charge in [-0.05, 0) is 75.4 Å². The fraction of sp³-hybridized carbons (Fsp3) is 0.500. The zero-order valence-electron chi connectivity index (χ0n) is 29.4. The molecule has 3 saturated heterocycles. The van der Waals surface area contributed by atoms with E-state index in [0.29, 0.717) is 42.8 Å². The largest absolute Gasteiger partial charge is 0.494 e. The third-order valence-corrected chi connectivity index (χ3v) is 10.5. The van der Waals surface area contributed by atoms with Crippen LogP contribution in [0.15, 0.2) is 73.8 Å². The van der Waals surface area contributed by atoms with Gasteiger partial charge in [0, 0.05) is 18.8 Å². The van der Waals surface area contributed by atoms with Crippen molar-refractivity contribution < 1.29 is 29.0 Å². The first-order valence-corrected chi connectivity index (χ1v) is 17.5. The number of carbonyl (C=O) groups excluding carboxylic acids is 3. The van der Waals surface area contributed by atoms with Gasteiger partial charge in [-0.1, -0.05) is 43.3 Å². The first-order chi connectivity index (χ1) is 24.0. The second kappa shape index (κ2) is 14.0. The minimum absolute atomic E-state index is 0.0586. The molecule has 6 rings (SSSR count). The summed E-state index contributed by atoms with van der Waals surface area (Å²) in [6, 6.07) is 13.0. The third kappa shape index (κ3) is 5.87. The Morgan fingerprint density at radius 3 is 2.48 bits per heavy atom. The summed E-state index contributed by atoms with van der Waals surface area (Å²) in [5.74, 6) is -1.98. The number of ether oxygens (including phenoxy) is 2. The Morgan fingerprint density at radius 1 is 1.10 bits per heavy atom. The predicted octanol–water partition coefficient (Wildman–Crippen LogP) is 4.19. The number of nitrogens with zero attached hydrogens (tertiary/aromatic N) is 6. The molecule has 0 radical (unpaired) electrons. The van der Waals surface area contributed by atoms with Crippen LogP contribution in [0.25, 0.3) is 11.0 Å². The highest BCUT2D eigenvalue weighted by atomic mass is 16.5. The smallest absolute Gasteiger partial charge is 0.250 e. The number of rotatable bonds is 15. The number of amides is 3. The average molecular weight is 685 g/mol. The molecule has 6 atom stereocenters. The maximum Gasteiger partial charge on any atom is 0.250 e. The lowest BCUT2D eigenvalue weighted by Gasteiger charge is -2.39. The number of anilines is 1. The van der Waals surface area contributed by atoms with Gasteiger partial charge in [0.15, 0.2) is 0 Å². The van der Waals surface area contributed by atoms with Crippen molar-refractivity contribution in [1.29, 1.82) is 0 Å². The maximum absolute atomic E-state index is 15.0. The molecule has 0 saturated carbocycles. The van der Waals surface area contributed by atoms with E-state index in [-0.39, 0.29) is 50.0 Å². The summed E-state index contributed by atoms with van der Waals surface area (Å²) in [4.78, 5) is 49.6. The highest BCUT2D eigenvalue weighted by molar-refractivity contribution is 6.03. The Hall–Kier alpha value is -4.55. The van der Waals surface area contributed by atoms with Crippen molar-refractivity contribution in [3.8, 4) is 5.75 Å². The molecule has 0 aliphatic carbocycles. The van der Waals surface area contributed by atoms with E-state index in [1.807, 2.05) is 76.2 Å². The van der Waals surface area contributed by atoms with Gasteiger partial charge in [-0.3, -0.25) is 14.4 Å². The predicted molar refractivity (Wildman–Crippen MR) is 189 cm³/mol. The molecule has 4 heterocycles. The number of benzene rings is 2. The van der Waals surface area contributed by atoms with Crippen LogP contribution < -0.4 is 9.64 Å². The fourth-order valence-corrected chi connectivity index (χ4v) is 8.47. The Balaban J connectivity index is 1.42. The van der Waals surface area contributed by atoms with Gasteiger partial charge in [-0.25, -0.2) is 4.68 Å². The Morgan fingerprint density at radius 2 is 1.82 bits per heavy atom. The zero-order chi connectivity index (χ0) is 35.8. The highest BCUT2D eigenvalue weighted by Crippen LogP contribution is 2.64. The molecule has 1 N–H and O–H groups in total. The maximum atomic E-state index is 15.0. The van der Waals surface area contributed by atoms with Crippen LogP contribution in [-0.4, -0.2) is 97.2 Å². The first kappa shape index (κ1) is 35.3. The van der Waals surface area contributed by atoms with Crippen LogP contribution in [0.2, 0.25) is 0 Å². The minimum atomic E-state index is -1.28. The number of aliphatic hydroxyl groups is 1. The summed E-state index contributed by atoms with van der Waals surface area (Å²) in [5.41, 5.74) is -0.193. The lowest BCUT2D eigenvalue weighted by Crippen LogP contribution is -2.59. The molecule has 3 aromatic rings. The van der Waals surface area contributed by atoms with Gasteiger partial charge in [0.25, 0.3) is 0 Å². The Labute approximate surface area is 293 Å². The second-order valence-electron chi connectivity index (χ2n) is 14.2. The van der Waals surface area contributed by atoms with E-state index in [1.165, 1.54) is 0 Å². The molecule has 2 bridgehead atoms. The van der Waals surface area contributed by atoms with E-state index >= 15 is 4.79 Å². The molecular weight excluding hydrogens is 636 g/mol. The van der Waals surface area contributed by atoms with Gasteiger partial charge in [0.2, 0.25) is 17.7 Å². The van der Waals surface area contributed by atoms with Crippen molar-refractivity contribution in [2.75, 3.05) is 31.2 Å². The van der Waals surface area contributed by atoms with Crippen LogP contribution in [-0.2, 0) is 25.8 Å². The molecule has 3 aliphatic heterocycles. The first-order valence-electron chi connectivity index (χ1n) is 17.5. The number of likely N-dealkylation sites (tertiary alicyclic amines) is 1. The van der Waals surface area contributed by atoms with Crippen LogP contribution in [0.3, 0.4) is 0 Å². The lowest BCUT2D eigenvalue weighted by molar-refractivity contribution is -0.156. The molecule has 2 unspecified atom stereocenters. The van der Waals surface area contributed by atoms with Gasteiger partial charge in [-0.15, -0.1) is 18.3 Å². The molecule has 266 valence electrons. The molecule has 1 aromatic heterocycles. The standard InChI is InChI=1S/C38H48N6O6/c1-7-20-41(24-43-30-13-11-10-12-29(30)39-40-43)36(48)33-38-19-18-37(6,50-38)31(32(38)35(47)44(33)27(23-45)22-25(4)5)34(46)42(21-8-2)26-14-16-28(17-15-26)49-9-3/h7-8,10-17,25,27,31-33,45H,1-2,9,18-24H2,3-6H3/t27-,31+,32+,33?,37-,38?/m1/s1. The SMILES string of the molecule is C=CCN(Cn1nnc2ccccc21)C(=O)C1N([C@@H](CO)CC(C)C)C(=O)[C@@H]2[C@@H](C(=O)N(CC=C)c3ccc(OCC)cc3)[C@@]3(C)CCC12O3. The molecule has 3 amide bonds. The van der Waals surface area contributed by atoms with Crippen molar-refractivity contribution in [1.82, 2.24) is 24.8 Å². The summed E-state index contributed by atoms with van der Waals surface area (Å²) in [5, 5.41) is 19.3. The monoisotopic (exact) mass is 684 g/mol. The summed E-state index contributed by atoms with van der Waals surface area (Å²) in [6.45, 7) is 16.2. The van der Waals surface area contributed by atoms with Gasteiger partial charge in [0.05, 0.1) is 42.2 Å². The molecule has 2 aromatic carbocycles. The van der Waals surface area contributed by atoms with Crippen LogP contribution >= 0.6 is 0 Å². The van der Waals surface area contributed by atoms with Crippen LogP contribution in [0, 0.1) is 17.8 Å². The minimum Gasteiger partial charge on any atom is -0.494 e. The van der Waals surface area contributed by atoms with E-state index in [0.717, 1.165) is 5.52 Å². The van der Waals surface area contributed by atoms with Crippen LogP contribution in [0.1, 0.15) is 47.0 Å². The number of aliphatic hydroxyl groups excluding tert-OH is 1. The van der Waals surface area contributed by atoms with E-state index in [9.17, 15) is 14.7 Å². The molecule has 3 aliphatic rings. The molecule has 12 nitrogen and oxygen atoms in total.